The fourth-order valence-corrected chi connectivity index (χ4v) is 20.1. The van der Waals surface area contributed by atoms with Crippen molar-refractivity contribution in [2.24, 2.45) is 4.99 Å². The third-order valence-corrected chi connectivity index (χ3v) is 27.1. The van der Waals surface area contributed by atoms with Crippen molar-refractivity contribution in [1.29, 1.82) is 0 Å². The quantitative estimate of drug-likeness (QED) is 0.0324. The predicted octanol–water partition coefficient (Wildman–Crippen LogP) is 18.0. The van der Waals surface area contributed by atoms with Gasteiger partial charge in [0, 0.05) is 104 Å². The molecule has 25 heteroatoms. The number of anilines is 6. The van der Waals surface area contributed by atoms with E-state index in [0.29, 0.717) is 123 Å². The van der Waals surface area contributed by atoms with Crippen LogP contribution in [0.3, 0.4) is 0 Å². The van der Waals surface area contributed by atoms with Crippen LogP contribution in [0, 0.1) is 13.8 Å². The molecule has 644 valence electrons. The summed E-state index contributed by atoms with van der Waals surface area (Å²) in [6.45, 7) is 12.2. The molecule has 8 aliphatic rings. The first-order valence-electron chi connectivity index (χ1n) is 42.5. The van der Waals surface area contributed by atoms with Gasteiger partial charge in [0.25, 0.3) is 33.7 Å². The minimum absolute atomic E-state index is 0.0223. The van der Waals surface area contributed by atoms with E-state index in [0.717, 1.165) is 113 Å². The maximum absolute atomic E-state index is 14.3. The number of benzene rings is 10. The van der Waals surface area contributed by atoms with Crippen molar-refractivity contribution in [1.82, 2.24) is 0 Å². The van der Waals surface area contributed by atoms with Crippen molar-refractivity contribution in [3.05, 3.63) is 277 Å². The van der Waals surface area contributed by atoms with Gasteiger partial charge in [0.1, 0.15) is 43.2 Å². The summed E-state index contributed by atoms with van der Waals surface area (Å²) in [6, 6.07) is 57.2. The van der Waals surface area contributed by atoms with Crippen LogP contribution >= 0.6 is 25.3 Å². The number of carbonyl (C=O) groups is 6. The van der Waals surface area contributed by atoms with Crippen LogP contribution in [-0.2, 0) is 95.3 Å². The zero-order valence-electron chi connectivity index (χ0n) is 71.5. The number of aryl methyl sites for hydroxylation is 4. The number of aliphatic imine (C=N–C) groups is 1. The first-order valence-corrected chi connectivity index (χ1v) is 44.9. The molecule has 0 spiro atoms. The van der Waals surface area contributed by atoms with Crippen LogP contribution in [-0.4, -0.2) is 110 Å². The Morgan fingerprint density at radius 3 is 1.27 bits per heavy atom. The molecule has 6 amide bonds. The van der Waals surface area contributed by atoms with Crippen LogP contribution in [0.5, 0.6) is 34.5 Å². The zero-order valence-corrected chi connectivity index (χ0v) is 74.1. The molecule has 5 atom stereocenters. The fraction of sp³-hybridized carbons (Fsp3) is 0.330. The molecular formula is C100H101N7O15S3. The summed E-state index contributed by atoms with van der Waals surface area (Å²) >= 11 is 9.20. The highest BCUT2D eigenvalue weighted by Crippen LogP contribution is 2.47. The summed E-state index contributed by atoms with van der Waals surface area (Å²) in [5.41, 5.74) is 18.9. The van der Waals surface area contributed by atoms with Crippen LogP contribution in [0.25, 0.3) is 0 Å². The summed E-state index contributed by atoms with van der Waals surface area (Å²) in [5, 5.41) is 5.11. The van der Waals surface area contributed by atoms with Gasteiger partial charge in [-0.25, -0.2) is 0 Å². The molecule has 0 aromatic heterocycles. The molecule has 1 unspecified atom stereocenters. The zero-order chi connectivity index (χ0) is 87.5. The number of hydrogen-bond donors (Lipinski definition) is 4. The molecular weight excluding hydrogens is 1640 g/mol. The van der Waals surface area contributed by atoms with Crippen molar-refractivity contribution in [3.63, 3.8) is 0 Å². The van der Waals surface area contributed by atoms with Gasteiger partial charge in [-0.15, -0.1) is 0 Å². The molecule has 8 aliphatic heterocycles. The van der Waals surface area contributed by atoms with Crippen molar-refractivity contribution in [2.45, 2.75) is 190 Å². The number of thiol groups is 2. The van der Waals surface area contributed by atoms with Gasteiger partial charge in [-0.05, 0) is 254 Å². The van der Waals surface area contributed by atoms with Crippen LogP contribution in [0.4, 0.5) is 39.8 Å². The lowest BCUT2D eigenvalue weighted by Crippen LogP contribution is -2.47. The van der Waals surface area contributed by atoms with Gasteiger partial charge >= 0.3 is 0 Å². The Bertz CT molecular complexity index is 6150. The van der Waals surface area contributed by atoms with Gasteiger partial charge in [0.2, 0.25) is 11.8 Å². The molecule has 0 fully saturated rings. The highest BCUT2D eigenvalue weighted by Gasteiger charge is 2.49. The molecule has 0 bridgehead atoms. The summed E-state index contributed by atoms with van der Waals surface area (Å²) < 4.78 is 68.9. The number of carbonyl (C=O) groups excluding carboxylic acids is 6. The molecule has 18 rings (SSSR count). The molecule has 0 saturated carbocycles. The maximum atomic E-state index is 14.3. The van der Waals surface area contributed by atoms with Crippen molar-refractivity contribution >= 4 is 117 Å². The first kappa shape index (κ1) is 85.3. The molecule has 8 heterocycles. The van der Waals surface area contributed by atoms with Crippen LogP contribution in [0.15, 0.2) is 187 Å². The van der Waals surface area contributed by atoms with Crippen LogP contribution in [0.2, 0.25) is 0 Å². The Morgan fingerprint density at radius 1 is 0.432 bits per heavy atom. The minimum atomic E-state index is -4.05. The Hall–Kier alpha value is -11.9. The highest BCUT2D eigenvalue weighted by molar-refractivity contribution is 7.87. The van der Waals surface area contributed by atoms with Gasteiger partial charge in [0.05, 0.1) is 44.7 Å². The van der Waals surface area contributed by atoms with E-state index < -0.39 is 21.4 Å². The third kappa shape index (κ3) is 17.8. The number of ether oxygens (including phenoxy) is 6. The average molecular weight is 1740 g/mol. The summed E-state index contributed by atoms with van der Waals surface area (Å²) in [7, 11) is 0.237. The normalized spacial score (nSPS) is 18.1. The topological polar surface area (TPSA) is 251 Å². The lowest BCUT2D eigenvalue weighted by atomic mass is 9.97. The second kappa shape index (κ2) is 34.9. The van der Waals surface area contributed by atoms with E-state index in [-0.39, 0.29) is 102 Å². The highest BCUT2D eigenvalue weighted by atomic mass is 32.2. The maximum Gasteiger partial charge on any atom is 0.272 e. The molecule has 10 aromatic carbocycles. The van der Waals surface area contributed by atoms with E-state index in [1.54, 1.807) is 43.4 Å². The fourth-order valence-electron chi connectivity index (χ4n) is 18.7. The first-order chi connectivity index (χ1) is 60.0. The molecule has 0 aliphatic carbocycles. The van der Waals surface area contributed by atoms with E-state index in [4.69, 9.17) is 37.6 Å². The molecule has 10 aromatic rings. The summed E-state index contributed by atoms with van der Waals surface area (Å²) in [4.78, 5) is 94.8. The van der Waals surface area contributed by atoms with Gasteiger partial charge in [-0.2, -0.15) is 33.7 Å². The standard InChI is InChI=1S/C51H53N3O9S2.C49H48N4O6S/c1-30-18-39-36(26-47(65(58,59)61-5)43-23-35-11-7-9-13-42(35)54(43)50(39)57)25-44(30)62-28-31-19-32(21-37(20-31)52-48(55)16-17-51(2,3)64)29-63-46-24-33-14-15-38-22-34-10-6-8-12-41(34)53(38)49(56)40(33)27-45(46)60-4;1-29-17-39-40(50-26-37-22-34-10-6-8-12-42(34)53(37)48(39)56)25-43(29)58-27-30-18-31(20-35(19-30)51-46(54)15-16-49(2,3)60)28-59-45-23-32-13-14-36-21-33-9-5-7-11-41(33)52(36)47(55)38(32)24-44(45)57-4/h6-13,18-21,24-25,27,38,43,47,64H,14-17,22-23,26,28-29H2,1-5H3,(H,52,55);5-12,17-20,23-26,36-37,60H,13-16,21-22,27-28H2,1-4H3,(H,51,54)/t38-,43+,47?;36-,37+/m11/s1. The van der Waals surface area contributed by atoms with E-state index >= 15 is 0 Å². The molecule has 0 radical (unpaired) electrons. The molecule has 125 heavy (non-hydrogen) atoms. The van der Waals surface area contributed by atoms with E-state index in [1.165, 1.54) is 11.1 Å². The average Bonchev–Trinajstić information content (AvgIpc) is 1.58. The molecule has 2 N–H and O–H groups in total. The van der Waals surface area contributed by atoms with Crippen molar-refractivity contribution in [3.8, 4) is 34.5 Å². The van der Waals surface area contributed by atoms with E-state index in [1.807, 2.05) is 202 Å². The number of para-hydroxylation sites is 4. The summed E-state index contributed by atoms with van der Waals surface area (Å²) in [5.74, 6) is 2.35. The summed E-state index contributed by atoms with van der Waals surface area (Å²) in [6.07, 6.45) is 9.56. The van der Waals surface area contributed by atoms with E-state index in [9.17, 15) is 37.2 Å². The van der Waals surface area contributed by atoms with Gasteiger partial charge in [0.15, 0.2) is 23.0 Å². The monoisotopic (exact) mass is 1740 g/mol. The number of hydrogen-bond acceptors (Lipinski definition) is 18. The largest absolute Gasteiger partial charge is 0.493 e. The minimum Gasteiger partial charge on any atom is -0.493 e. The van der Waals surface area contributed by atoms with Crippen LogP contribution < -0.4 is 58.7 Å². The van der Waals surface area contributed by atoms with Crippen LogP contribution in [0.1, 0.15) is 180 Å². The molecule has 0 saturated heterocycles. The predicted molar refractivity (Wildman–Crippen MR) is 492 cm³/mol. The lowest BCUT2D eigenvalue weighted by Gasteiger charge is -2.28. The lowest BCUT2D eigenvalue weighted by molar-refractivity contribution is -0.117. The number of rotatable bonds is 24. The van der Waals surface area contributed by atoms with Gasteiger partial charge in [-0.3, -0.25) is 42.8 Å². The van der Waals surface area contributed by atoms with E-state index in [2.05, 4.69) is 54.1 Å². The number of nitrogens with zero attached hydrogens (tertiary/aromatic N) is 5. The van der Waals surface area contributed by atoms with Crippen molar-refractivity contribution < 1.29 is 69.8 Å². The molecule has 22 nitrogen and oxygen atoms in total. The Labute approximate surface area is 739 Å². The number of nitrogens with one attached hydrogen (secondary N) is 2. The number of methoxy groups -OCH3 is 2. The smallest absolute Gasteiger partial charge is 0.272 e. The second-order valence-electron chi connectivity index (χ2n) is 34.9. The Morgan fingerprint density at radius 2 is 0.816 bits per heavy atom. The number of fused-ring (bicyclic) bond motifs is 16. The Kier molecular flexibility index (Phi) is 23.8. The third-order valence-electron chi connectivity index (χ3n) is 24.9. The van der Waals surface area contributed by atoms with Gasteiger partial charge < -0.3 is 53.8 Å². The van der Waals surface area contributed by atoms with Crippen molar-refractivity contribution in [2.75, 3.05) is 51.6 Å². The number of amides is 6. The second-order valence-corrected chi connectivity index (χ2v) is 39.3. The Balaban J connectivity index is 0.000000177. The SMILES string of the molecule is COc1cc2c(cc1OCc1cc(COc3cc4c(cc3C)C(=O)N3c5ccccc5C[C@H]3C(S(=O)(=O)OC)C4)cc(NC(=O)CCC(C)(C)S)c1)CC[C@@H]1Cc3ccccc3N1C2=O.COc1cc2c(cc1OCc1cc(COc3cc4c(cc3C)C(=O)N3c5ccccc5C[C@H]3C=N4)cc(NC(=O)CCC(C)(C)S)c1)CC[C@@H]1Cc3ccccc3N1C2=O. The van der Waals surface area contributed by atoms with Gasteiger partial charge in [-0.1, -0.05) is 100 Å².